The molecule has 0 fully saturated rings. The van der Waals surface area contributed by atoms with Gasteiger partial charge in [-0.05, 0) is 12.5 Å². The predicted molar refractivity (Wildman–Crippen MR) is 95.1 cm³/mol. The van der Waals surface area contributed by atoms with Crippen molar-refractivity contribution in [2.24, 2.45) is 0 Å². The Labute approximate surface area is 149 Å². The van der Waals surface area contributed by atoms with E-state index in [1.807, 2.05) is 30.3 Å². The number of nitrogens with zero attached hydrogens (tertiary/aromatic N) is 4. The number of nitrogens with one attached hydrogen (secondary N) is 2. The second kappa shape index (κ2) is 7.54. The van der Waals surface area contributed by atoms with Crippen molar-refractivity contribution in [3.63, 3.8) is 0 Å². The minimum absolute atomic E-state index is 0.0129. The summed E-state index contributed by atoms with van der Waals surface area (Å²) in [6.07, 6.45) is 5.85. The lowest BCUT2D eigenvalue weighted by molar-refractivity contribution is 0.102. The molecule has 0 aliphatic carbocycles. The molecule has 2 heterocycles. The molecular formula is C17H19N7O. The lowest BCUT2D eigenvalue weighted by Crippen LogP contribution is -2.23. The first-order valence-electron chi connectivity index (χ1n) is 9.05. The van der Waals surface area contributed by atoms with Gasteiger partial charge < -0.3 is 16.4 Å². The summed E-state index contributed by atoms with van der Waals surface area (Å²) in [5.41, 5.74) is 6.98. The highest BCUT2D eigenvalue weighted by Gasteiger charge is 2.16. The number of rotatable bonds is 6. The van der Waals surface area contributed by atoms with Gasteiger partial charge >= 0.3 is 0 Å². The maximum absolute atomic E-state index is 12.3. The van der Waals surface area contributed by atoms with Crippen LogP contribution in [0.2, 0.25) is 0 Å². The number of nitrogens with two attached hydrogens (primary N) is 1. The molecule has 1 atom stereocenters. The van der Waals surface area contributed by atoms with Crippen LogP contribution in [0.3, 0.4) is 0 Å². The van der Waals surface area contributed by atoms with E-state index < -0.39 is 12.9 Å². The molecule has 4 N–H and O–H groups in total. The summed E-state index contributed by atoms with van der Waals surface area (Å²) in [7, 11) is 0. The number of amides is 1. The van der Waals surface area contributed by atoms with Crippen LogP contribution in [-0.4, -0.2) is 39.2 Å². The third kappa shape index (κ3) is 3.81. The molecule has 1 unspecified atom stereocenters. The Bertz CT molecular complexity index is 943. The largest absolute Gasteiger partial charge is 0.382 e. The van der Waals surface area contributed by atoms with E-state index >= 15 is 0 Å². The van der Waals surface area contributed by atoms with Crippen molar-refractivity contribution in [2.45, 2.75) is 6.04 Å². The van der Waals surface area contributed by atoms with Gasteiger partial charge in [0.2, 0.25) is 0 Å². The van der Waals surface area contributed by atoms with Gasteiger partial charge in [-0.1, -0.05) is 30.3 Å². The Morgan fingerprint density at radius 2 is 2.12 bits per heavy atom. The highest BCUT2D eigenvalue weighted by atomic mass is 16.1. The molecule has 0 bridgehead atoms. The van der Waals surface area contributed by atoms with Gasteiger partial charge in [-0.25, -0.2) is 9.97 Å². The molecule has 1 aromatic carbocycles. The fourth-order valence-electron chi connectivity index (χ4n) is 2.42. The lowest BCUT2D eigenvalue weighted by atomic mass is 10.1. The standard InChI is InChI=1S/C17H19N7O/c1-19-10-14(12-5-3-2-4-6-12)24-11-13(9-22-24)23-17(25)15-16(18)21-8-7-20-15/h2-9,11,14,19H,10H2,1H3,(H2,18,21)(H,23,25)/i1D3. The normalized spacial score (nSPS) is 14.2. The second-order valence-corrected chi connectivity index (χ2v) is 5.26. The highest BCUT2D eigenvalue weighted by molar-refractivity contribution is 6.05. The number of anilines is 2. The van der Waals surface area contributed by atoms with Crippen LogP contribution in [0.15, 0.2) is 55.1 Å². The van der Waals surface area contributed by atoms with Crippen LogP contribution in [0.25, 0.3) is 0 Å². The van der Waals surface area contributed by atoms with Crippen molar-refractivity contribution < 1.29 is 8.91 Å². The molecular weight excluding hydrogens is 318 g/mol. The molecule has 25 heavy (non-hydrogen) atoms. The summed E-state index contributed by atoms with van der Waals surface area (Å²) in [6.45, 7) is -2.15. The van der Waals surface area contributed by atoms with Crippen LogP contribution in [0.4, 0.5) is 11.5 Å². The van der Waals surface area contributed by atoms with Crippen molar-refractivity contribution in [3.8, 4) is 0 Å². The third-order valence-corrected chi connectivity index (χ3v) is 3.60. The number of hydrogen-bond donors (Lipinski definition) is 3. The van der Waals surface area contributed by atoms with E-state index in [0.29, 0.717) is 5.69 Å². The van der Waals surface area contributed by atoms with Gasteiger partial charge in [0.05, 0.1) is 17.9 Å². The number of benzene rings is 1. The quantitative estimate of drug-likeness (QED) is 0.624. The van der Waals surface area contributed by atoms with Crippen LogP contribution in [0, 0.1) is 0 Å². The van der Waals surface area contributed by atoms with Gasteiger partial charge in [0, 0.05) is 29.2 Å². The molecule has 0 saturated heterocycles. The number of nitrogen functional groups attached to an aromatic ring is 1. The molecule has 0 radical (unpaired) electrons. The van der Waals surface area contributed by atoms with Gasteiger partial charge in [-0.2, -0.15) is 5.10 Å². The van der Waals surface area contributed by atoms with Crippen LogP contribution in [0.1, 0.15) is 26.2 Å². The van der Waals surface area contributed by atoms with Gasteiger partial charge in [0.25, 0.3) is 5.91 Å². The summed E-state index contributed by atoms with van der Waals surface area (Å²) < 4.78 is 23.7. The molecule has 0 spiro atoms. The van der Waals surface area contributed by atoms with E-state index in [9.17, 15) is 4.79 Å². The molecule has 0 aliphatic rings. The van der Waals surface area contributed by atoms with Crippen molar-refractivity contribution in [1.29, 1.82) is 0 Å². The first-order chi connectivity index (χ1) is 13.3. The topological polar surface area (TPSA) is 111 Å². The number of aromatic nitrogens is 4. The second-order valence-electron chi connectivity index (χ2n) is 5.26. The smallest absolute Gasteiger partial charge is 0.278 e. The van der Waals surface area contributed by atoms with E-state index in [0.717, 1.165) is 5.56 Å². The average molecular weight is 340 g/mol. The zero-order chi connectivity index (χ0) is 20.1. The summed E-state index contributed by atoms with van der Waals surface area (Å²) in [6, 6.07) is 8.98. The van der Waals surface area contributed by atoms with Crippen molar-refractivity contribution in [1.82, 2.24) is 25.1 Å². The molecule has 8 nitrogen and oxygen atoms in total. The SMILES string of the molecule is [2H]C([2H])([2H])NCC(c1ccccc1)n1cc(NC(=O)c2nccnc2N)cn1. The van der Waals surface area contributed by atoms with Gasteiger partial charge in [-0.15, -0.1) is 0 Å². The van der Waals surface area contributed by atoms with Gasteiger partial charge in [-0.3, -0.25) is 9.48 Å². The van der Waals surface area contributed by atoms with E-state index in [1.54, 1.807) is 10.9 Å². The predicted octanol–water partition coefficient (Wildman–Crippen LogP) is 1.32. The van der Waals surface area contributed by atoms with E-state index in [4.69, 9.17) is 9.85 Å². The van der Waals surface area contributed by atoms with Gasteiger partial charge in [0.1, 0.15) is 0 Å². The summed E-state index contributed by atoms with van der Waals surface area (Å²) >= 11 is 0. The Balaban J connectivity index is 1.80. The third-order valence-electron chi connectivity index (χ3n) is 3.60. The molecule has 3 aromatic rings. The van der Waals surface area contributed by atoms with Crippen LogP contribution in [0.5, 0.6) is 0 Å². The number of likely N-dealkylation sites (N-methyl/N-ethyl adjacent to an activating group) is 1. The van der Waals surface area contributed by atoms with Crippen molar-refractivity contribution in [2.75, 3.05) is 24.6 Å². The molecule has 128 valence electrons. The molecule has 8 heteroatoms. The van der Waals surface area contributed by atoms with Crippen molar-refractivity contribution in [3.05, 3.63) is 66.4 Å². The first kappa shape index (κ1) is 13.1. The van der Waals surface area contributed by atoms with Crippen LogP contribution in [-0.2, 0) is 0 Å². The average Bonchev–Trinajstić information content (AvgIpc) is 3.10. The van der Waals surface area contributed by atoms with E-state index in [-0.39, 0.29) is 24.1 Å². The Morgan fingerprint density at radius 3 is 2.88 bits per heavy atom. The molecule has 0 saturated carbocycles. The minimum Gasteiger partial charge on any atom is -0.382 e. The zero-order valence-electron chi connectivity index (χ0n) is 16.3. The maximum atomic E-state index is 12.3. The highest BCUT2D eigenvalue weighted by Crippen LogP contribution is 2.19. The molecule has 1 amide bonds. The van der Waals surface area contributed by atoms with Crippen LogP contribution >= 0.6 is 0 Å². The van der Waals surface area contributed by atoms with Crippen LogP contribution < -0.4 is 16.4 Å². The number of hydrogen-bond acceptors (Lipinski definition) is 6. The summed E-state index contributed by atoms with van der Waals surface area (Å²) in [4.78, 5) is 20.1. The fourth-order valence-corrected chi connectivity index (χ4v) is 2.42. The monoisotopic (exact) mass is 340 g/mol. The fraction of sp³-hybridized carbons (Fsp3) is 0.176. The number of carbonyl (C=O) groups excluding carboxylic acids is 1. The molecule has 0 aliphatic heterocycles. The minimum atomic E-state index is -2.28. The van der Waals surface area contributed by atoms with Crippen molar-refractivity contribution >= 4 is 17.4 Å². The van der Waals surface area contributed by atoms with E-state index in [1.165, 1.54) is 18.6 Å². The molecule has 3 rings (SSSR count). The summed E-state index contributed by atoms with van der Waals surface area (Å²) in [5, 5.41) is 9.45. The Morgan fingerprint density at radius 1 is 1.32 bits per heavy atom. The maximum Gasteiger partial charge on any atom is 0.278 e. The summed E-state index contributed by atoms with van der Waals surface area (Å²) in [5.74, 6) is -0.488. The Hall–Kier alpha value is -3.26. The first-order valence-corrected chi connectivity index (χ1v) is 7.55. The number of carbonyl (C=O) groups is 1. The Kier molecular flexibility index (Phi) is 3.94. The zero-order valence-corrected chi connectivity index (χ0v) is 13.3. The van der Waals surface area contributed by atoms with E-state index in [2.05, 4.69) is 25.7 Å². The lowest BCUT2D eigenvalue weighted by Gasteiger charge is -2.17. The molecule has 2 aromatic heterocycles. The van der Waals surface area contributed by atoms with Gasteiger partial charge in [0.15, 0.2) is 11.5 Å².